The van der Waals surface area contributed by atoms with Gasteiger partial charge in [-0.15, -0.1) is 11.3 Å². The molecule has 2 rings (SSSR count). The molecule has 1 aromatic heterocycles. The second kappa shape index (κ2) is 5.36. The van der Waals surface area contributed by atoms with Crippen LogP contribution in [0.1, 0.15) is 28.3 Å². The number of nitrogens with two attached hydrogens (primary N) is 1. The van der Waals surface area contributed by atoms with Crippen molar-refractivity contribution in [2.75, 3.05) is 19.5 Å². The average Bonchev–Trinajstić information content (AvgIpc) is 2.86. The third-order valence-electron chi connectivity index (χ3n) is 2.45. The largest absolute Gasteiger partial charge is 0.462 e. The second-order valence-electron chi connectivity index (χ2n) is 3.71. The molecule has 1 aliphatic heterocycles. The molecule has 5 nitrogen and oxygen atoms in total. The van der Waals surface area contributed by atoms with Crippen molar-refractivity contribution in [3.63, 3.8) is 0 Å². The first-order valence-corrected chi connectivity index (χ1v) is 7.08. The molecular formula is C10H15N3O2S2. The standard InChI is InChI=1S/C10H15N3O2S2/c1-3-15-10(14)7-4-8(16-5-7)9-12(2)6-17-13(9)11/h4-5,9H,3,6,11H2,1-2H3. The van der Waals surface area contributed by atoms with E-state index in [0.29, 0.717) is 12.2 Å². The van der Waals surface area contributed by atoms with Gasteiger partial charge in [-0.25, -0.2) is 4.79 Å². The fourth-order valence-electron chi connectivity index (χ4n) is 1.65. The minimum absolute atomic E-state index is 0.0353. The molecule has 0 saturated carbocycles. The Bertz CT molecular complexity index is 400. The Morgan fingerprint density at radius 3 is 3.06 bits per heavy atom. The maximum atomic E-state index is 11.6. The van der Waals surface area contributed by atoms with Crippen LogP contribution < -0.4 is 5.84 Å². The highest BCUT2D eigenvalue weighted by atomic mass is 32.2. The van der Waals surface area contributed by atoms with E-state index in [0.717, 1.165) is 10.8 Å². The van der Waals surface area contributed by atoms with Gasteiger partial charge in [0.25, 0.3) is 0 Å². The Morgan fingerprint density at radius 1 is 1.71 bits per heavy atom. The number of carbonyl (C=O) groups excluding carboxylic acids is 1. The topological polar surface area (TPSA) is 58.8 Å². The molecule has 17 heavy (non-hydrogen) atoms. The number of thiophene rings is 1. The number of ether oxygens (including phenoxy) is 1. The molecule has 1 saturated heterocycles. The lowest BCUT2D eigenvalue weighted by Crippen LogP contribution is -2.30. The lowest BCUT2D eigenvalue weighted by atomic mass is 10.3. The smallest absolute Gasteiger partial charge is 0.338 e. The summed E-state index contributed by atoms with van der Waals surface area (Å²) < 4.78 is 6.67. The number of hydrazine groups is 1. The van der Waals surface area contributed by atoms with Crippen LogP contribution >= 0.6 is 23.3 Å². The van der Waals surface area contributed by atoms with Crippen LogP contribution in [0.5, 0.6) is 0 Å². The number of hydrogen-bond donors (Lipinski definition) is 1. The van der Waals surface area contributed by atoms with Crippen LogP contribution in [-0.4, -0.2) is 34.8 Å². The molecule has 0 aliphatic carbocycles. The van der Waals surface area contributed by atoms with Gasteiger partial charge in [0.15, 0.2) is 0 Å². The summed E-state index contributed by atoms with van der Waals surface area (Å²) in [5.74, 6) is 6.47. The molecule has 0 bridgehead atoms. The molecule has 1 aliphatic rings. The van der Waals surface area contributed by atoms with Crippen molar-refractivity contribution in [2.45, 2.75) is 13.1 Å². The molecule has 1 aromatic rings. The van der Waals surface area contributed by atoms with E-state index in [1.54, 1.807) is 23.3 Å². The minimum Gasteiger partial charge on any atom is -0.462 e. The van der Waals surface area contributed by atoms with Crippen LogP contribution in [0.2, 0.25) is 0 Å². The first kappa shape index (κ1) is 12.8. The third-order valence-corrected chi connectivity index (χ3v) is 4.45. The maximum absolute atomic E-state index is 11.6. The highest BCUT2D eigenvalue weighted by molar-refractivity contribution is 7.97. The molecule has 2 N–H and O–H groups in total. The normalized spacial score (nSPS) is 21.9. The summed E-state index contributed by atoms with van der Waals surface area (Å²) in [5.41, 5.74) is 0.602. The summed E-state index contributed by atoms with van der Waals surface area (Å²) >= 11 is 3.09. The minimum atomic E-state index is -0.271. The predicted molar refractivity (Wildman–Crippen MR) is 69.3 cm³/mol. The van der Waals surface area contributed by atoms with Crippen molar-refractivity contribution in [1.82, 2.24) is 9.31 Å². The Hall–Kier alpha value is -0.600. The Kier molecular flexibility index (Phi) is 4.05. The quantitative estimate of drug-likeness (QED) is 0.513. The summed E-state index contributed by atoms with van der Waals surface area (Å²) in [6, 6.07) is 1.86. The zero-order chi connectivity index (χ0) is 12.4. The van der Waals surface area contributed by atoms with E-state index in [1.165, 1.54) is 11.3 Å². The summed E-state index contributed by atoms with van der Waals surface area (Å²) in [5, 5.41) is 1.82. The average molecular weight is 273 g/mol. The molecule has 0 radical (unpaired) electrons. The molecule has 0 amide bonds. The highest BCUT2D eigenvalue weighted by Crippen LogP contribution is 2.37. The van der Waals surface area contributed by atoms with E-state index >= 15 is 0 Å². The van der Waals surface area contributed by atoms with Crippen molar-refractivity contribution in [3.05, 3.63) is 21.9 Å². The summed E-state index contributed by atoms with van der Waals surface area (Å²) in [6.45, 7) is 2.19. The summed E-state index contributed by atoms with van der Waals surface area (Å²) in [7, 11) is 2.01. The SMILES string of the molecule is CCOC(=O)c1csc(C2N(C)CSN2N)c1. The molecule has 1 atom stereocenters. The Balaban J connectivity index is 2.15. The number of hydrogen-bond acceptors (Lipinski definition) is 7. The van der Waals surface area contributed by atoms with E-state index in [9.17, 15) is 4.79 Å². The second-order valence-corrected chi connectivity index (χ2v) is 5.59. The third kappa shape index (κ3) is 2.63. The van der Waals surface area contributed by atoms with Crippen LogP contribution in [0, 0.1) is 0 Å². The number of carbonyl (C=O) groups is 1. The van der Waals surface area contributed by atoms with Gasteiger partial charge in [0.05, 0.1) is 18.0 Å². The molecule has 1 fully saturated rings. The molecule has 7 heteroatoms. The van der Waals surface area contributed by atoms with Crippen LogP contribution in [0.25, 0.3) is 0 Å². The molecular weight excluding hydrogens is 258 g/mol. The van der Waals surface area contributed by atoms with Crippen molar-refractivity contribution < 1.29 is 9.53 Å². The van der Waals surface area contributed by atoms with Crippen LogP contribution in [0.15, 0.2) is 11.4 Å². The van der Waals surface area contributed by atoms with E-state index in [-0.39, 0.29) is 12.1 Å². The van der Waals surface area contributed by atoms with Gasteiger partial charge in [-0.1, -0.05) is 0 Å². The van der Waals surface area contributed by atoms with Gasteiger partial charge in [0.2, 0.25) is 0 Å². The monoisotopic (exact) mass is 273 g/mol. The van der Waals surface area contributed by atoms with Crippen molar-refractivity contribution in [1.29, 1.82) is 0 Å². The Labute approximate surface area is 109 Å². The van der Waals surface area contributed by atoms with E-state index in [4.69, 9.17) is 10.6 Å². The summed E-state index contributed by atoms with van der Waals surface area (Å²) in [6.07, 6.45) is 0.0353. The fourth-order valence-corrected chi connectivity index (χ4v) is 3.62. The zero-order valence-corrected chi connectivity index (χ0v) is 11.4. The lowest BCUT2D eigenvalue weighted by Gasteiger charge is -2.21. The predicted octanol–water partition coefficient (Wildman–Crippen LogP) is 1.65. The van der Waals surface area contributed by atoms with Gasteiger partial charge < -0.3 is 4.74 Å². The van der Waals surface area contributed by atoms with Crippen molar-refractivity contribution >= 4 is 29.3 Å². The fraction of sp³-hybridized carbons (Fsp3) is 0.500. The van der Waals surface area contributed by atoms with Gasteiger partial charge in [-0.3, -0.25) is 10.7 Å². The number of esters is 1. The highest BCUT2D eigenvalue weighted by Gasteiger charge is 2.31. The van der Waals surface area contributed by atoms with Gasteiger partial charge in [-0.05, 0) is 32.0 Å². The lowest BCUT2D eigenvalue weighted by molar-refractivity contribution is 0.0526. The zero-order valence-electron chi connectivity index (χ0n) is 9.75. The molecule has 0 spiro atoms. The summed E-state index contributed by atoms with van der Waals surface area (Å²) in [4.78, 5) is 14.7. The number of nitrogens with zero attached hydrogens (tertiary/aromatic N) is 2. The first-order chi connectivity index (χ1) is 8.13. The van der Waals surface area contributed by atoms with E-state index in [1.807, 2.05) is 18.5 Å². The Morgan fingerprint density at radius 2 is 2.47 bits per heavy atom. The van der Waals surface area contributed by atoms with Crippen LogP contribution in [0.3, 0.4) is 0 Å². The molecule has 94 valence electrons. The van der Waals surface area contributed by atoms with Crippen LogP contribution in [-0.2, 0) is 4.74 Å². The maximum Gasteiger partial charge on any atom is 0.338 e. The molecule has 2 heterocycles. The van der Waals surface area contributed by atoms with Gasteiger partial charge >= 0.3 is 5.97 Å². The van der Waals surface area contributed by atoms with Crippen molar-refractivity contribution in [2.24, 2.45) is 5.84 Å². The molecule has 1 unspecified atom stereocenters. The van der Waals surface area contributed by atoms with E-state index in [2.05, 4.69) is 4.90 Å². The number of rotatable bonds is 3. The van der Waals surface area contributed by atoms with Gasteiger partial charge in [0.1, 0.15) is 6.17 Å². The molecule has 0 aromatic carbocycles. The first-order valence-electron chi connectivity index (χ1n) is 5.26. The van der Waals surface area contributed by atoms with Crippen LogP contribution in [0.4, 0.5) is 0 Å². The van der Waals surface area contributed by atoms with Gasteiger partial charge in [-0.2, -0.15) is 4.41 Å². The van der Waals surface area contributed by atoms with E-state index < -0.39 is 0 Å². The van der Waals surface area contributed by atoms with Crippen molar-refractivity contribution in [3.8, 4) is 0 Å². The van der Waals surface area contributed by atoms with Gasteiger partial charge in [0, 0.05) is 10.3 Å².